The van der Waals surface area contributed by atoms with Crippen LogP contribution >= 0.6 is 15.9 Å². The van der Waals surface area contributed by atoms with E-state index in [0.29, 0.717) is 36.9 Å². The molecular formula is C26H26BrN3O4. The lowest BCUT2D eigenvalue weighted by Crippen LogP contribution is -2.36. The number of carbonyl (C=O) groups excluding carboxylic acids is 2. The number of halogens is 1. The Bertz CT molecular complexity index is 1140. The first-order chi connectivity index (χ1) is 16.5. The number of carbonyl (C=O) groups is 2. The molecule has 4 rings (SSSR count). The topological polar surface area (TPSA) is 79.9 Å². The SMILES string of the molecule is CCOc1cc(NNC(=O)[C@H]2CC(=O)N(c3ccc(Br)cc3)C2)ccc1OCc1ccccc1. The van der Waals surface area contributed by atoms with Crippen LogP contribution < -0.4 is 25.2 Å². The average molecular weight is 524 g/mol. The highest BCUT2D eigenvalue weighted by atomic mass is 79.9. The van der Waals surface area contributed by atoms with Gasteiger partial charge in [0.2, 0.25) is 11.8 Å². The highest BCUT2D eigenvalue weighted by Crippen LogP contribution is 2.31. The van der Waals surface area contributed by atoms with Crippen molar-refractivity contribution < 1.29 is 19.1 Å². The van der Waals surface area contributed by atoms with Crippen molar-refractivity contribution >= 4 is 39.1 Å². The number of hydrogen-bond donors (Lipinski definition) is 2. The van der Waals surface area contributed by atoms with Crippen molar-refractivity contribution in [1.82, 2.24) is 5.43 Å². The first-order valence-corrected chi connectivity index (χ1v) is 11.9. The van der Waals surface area contributed by atoms with Gasteiger partial charge in [-0.25, -0.2) is 0 Å². The Morgan fingerprint density at radius 1 is 1.03 bits per heavy atom. The van der Waals surface area contributed by atoms with Gasteiger partial charge in [-0.05, 0) is 48.9 Å². The standard InChI is InChI=1S/C26H26BrN3O4/c1-2-33-24-15-21(10-13-23(24)34-17-18-6-4-3-5-7-18)28-29-26(32)19-14-25(31)30(16-19)22-11-8-20(27)9-12-22/h3-13,15,19,28H,2,14,16-17H2,1H3,(H,29,32)/t19-/m0/s1. The minimum Gasteiger partial charge on any atom is -0.490 e. The first-order valence-electron chi connectivity index (χ1n) is 11.1. The Morgan fingerprint density at radius 3 is 2.53 bits per heavy atom. The Morgan fingerprint density at radius 2 is 1.79 bits per heavy atom. The summed E-state index contributed by atoms with van der Waals surface area (Å²) in [4.78, 5) is 26.8. The quantitative estimate of drug-likeness (QED) is 0.389. The van der Waals surface area contributed by atoms with E-state index in [9.17, 15) is 9.59 Å². The fourth-order valence-electron chi connectivity index (χ4n) is 3.70. The molecule has 34 heavy (non-hydrogen) atoms. The number of anilines is 2. The lowest BCUT2D eigenvalue weighted by Gasteiger charge is -2.17. The van der Waals surface area contributed by atoms with Gasteiger partial charge < -0.3 is 14.4 Å². The lowest BCUT2D eigenvalue weighted by molar-refractivity contribution is -0.125. The zero-order valence-electron chi connectivity index (χ0n) is 18.8. The van der Waals surface area contributed by atoms with Crippen LogP contribution in [0.4, 0.5) is 11.4 Å². The van der Waals surface area contributed by atoms with Crippen LogP contribution in [0, 0.1) is 5.92 Å². The Labute approximate surface area is 207 Å². The van der Waals surface area contributed by atoms with Crippen LogP contribution in [0.3, 0.4) is 0 Å². The number of rotatable bonds is 9. The van der Waals surface area contributed by atoms with E-state index in [0.717, 1.165) is 15.7 Å². The van der Waals surface area contributed by atoms with Crippen molar-refractivity contribution in [3.05, 3.63) is 82.8 Å². The van der Waals surface area contributed by atoms with E-state index in [4.69, 9.17) is 9.47 Å². The van der Waals surface area contributed by atoms with Crippen LogP contribution in [-0.4, -0.2) is 25.0 Å². The third-order valence-electron chi connectivity index (χ3n) is 5.44. The normalized spacial score (nSPS) is 15.2. The number of nitrogens with one attached hydrogen (secondary N) is 2. The molecule has 1 aliphatic heterocycles. The number of amides is 2. The predicted molar refractivity (Wildman–Crippen MR) is 135 cm³/mol. The van der Waals surface area contributed by atoms with Gasteiger partial charge in [0.05, 0.1) is 18.2 Å². The van der Waals surface area contributed by atoms with E-state index in [2.05, 4.69) is 26.8 Å². The number of benzene rings is 3. The third-order valence-corrected chi connectivity index (χ3v) is 5.97. The van der Waals surface area contributed by atoms with Gasteiger partial charge in [-0.15, -0.1) is 0 Å². The summed E-state index contributed by atoms with van der Waals surface area (Å²) in [6, 6.07) is 22.7. The summed E-state index contributed by atoms with van der Waals surface area (Å²) in [7, 11) is 0. The lowest BCUT2D eigenvalue weighted by atomic mass is 10.1. The molecule has 2 N–H and O–H groups in total. The van der Waals surface area contributed by atoms with Crippen molar-refractivity contribution in [2.75, 3.05) is 23.5 Å². The number of hydrogen-bond acceptors (Lipinski definition) is 5. The molecule has 7 nitrogen and oxygen atoms in total. The van der Waals surface area contributed by atoms with Gasteiger partial charge in [0.1, 0.15) is 6.61 Å². The zero-order valence-corrected chi connectivity index (χ0v) is 20.4. The summed E-state index contributed by atoms with van der Waals surface area (Å²) in [5.41, 5.74) is 8.13. The molecular weight excluding hydrogens is 498 g/mol. The zero-order chi connectivity index (χ0) is 23.9. The van der Waals surface area contributed by atoms with Gasteiger partial charge in [0.25, 0.3) is 0 Å². The van der Waals surface area contributed by atoms with E-state index in [1.54, 1.807) is 23.1 Å². The third kappa shape index (κ3) is 5.88. The molecule has 0 bridgehead atoms. The minimum absolute atomic E-state index is 0.0685. The molecule has 0 aliphatic carbocycles. The van der Waals surface area contributed by atoms with Crippen molar-refractivity contribution in [3.8, 4) is 11.5 Å². The van der Waals surface area contributed by atoms with Crippen LogP contribution in [0.1, 0.15) is 18.9 Å². The fraction of sp³-hybridized carbons (Fsp3) is 0.231. The summed E-state index contributed by atoms with van der Waals surface area (Å²) in [5, 5.41) is 0. The summed E-state index contributed by atoms with van der Waals surface area (Å²) >= 11 is 3.39. The molecule has 0 spiro atoms. The number of hydrazine groups is 1. The summed E-state index contributed by atoms with van der Waals surface area (Å²) in [6.45, 7) is 3.14. The van der Waals surface area contributed by atoms with Crippen LogP contribution in [0.15, 0.2) is 77.3 Å². The van der Waals surface area contributed by atoms with Crippen LogP contribution in [0.2, 0.25) is 0 Å². The van der Waals surface area contributed by atoms with E-state index < -0.39 is 5.92 Å². The minimum atomic E-state index is -0.441. The molecule has 0 aromatic heterocycles. The molecule has 176 valence electrons. The molecule has 1 saturated heterocycles. The maximum Gasteiger partial charge on any atom is 0.243 e. The van der Waals surface area contributed by atoms with Gasteiger partial charge in [-0.1, -0.05) is 46.3 Å². The fourth-order valence-corrected chi connectivity index (χ4v) is 3.96. The van der Waals surface area contributed by atoms with Crippen molar-refractivity contribution in [2.24, 2.45) is 5.92 Å². The molecule has 0 radical (unpaired) electrons. The first kappa shape index (κ1) is 23.6. The summed E-state index contributed by atoms with van der Waals surface area (Å²) < 4.78 is 12.6. The molecule has 2 amide bonds. The molecule has 1 atom stereocenters. The largest absolute Gasteiger partial charge is 0.490 e. The summed E-state index contributed by atoms with van der Waals surface area (Å²) in [6.07, 6.45) is 0.167. The molecule has 8 heteroatoms. The Balaban J connectivity index is 1.35. The van der Waals surface area contributed by atoms with Crippen molar-refractivity contribution in [1.29, 1.82) is 0 Å². The smallest absolute Gasteiger partial charge is 0.243 e. The van der Waals surface area contributed by atoms with Gasteiger partial charge in [0.15, 0.2) is 11.5 Å². The van der Waals surface area contributed by atoms with E-state index in [-0.39, 0.29) is 18.2 Å². The van der Waals surface area contributed by atoms with Gasteiger partial charge in [0, 0.05) is 29.2 Å². The second kappa shape index (κ2) is 11.1. The highest BCUT2D eigenvalue weighted by molar-refractivity contribution is 9.10. The Hall–Kier alpha value is -3.52. The monoisotopic (exact) mass is 523 g/mol. The average Bonchev–Trinajstić information content (AvgIpc) is 3.25. The molecule has 3 aromatic rings. The molecule has 0 saturated carbocycles. The number of nitrogens with zero attached hydrogens (tertiary/aromatic N) is 1. The number of ether oxygens (including phenoxy) is 2. The van der Waals surface area contributed by atoms with E-state index >= 15 is 0 Å². The molecule has 1 aliphatic rings. The van der Waals surface area contributed by atoms with Crippen LogP contribution in [-0.2, 0) is 16.2 Å². The molecule has 1 heterocycles. The van der Waals surface area contributed by atoms with Gasteiger partial charge in [-0.3, -0.25) is 20.4 Å². The predicted octanol–water partition coefficient (Wildman–Crippen LogP) is 4.92. The van der Waals surface area contributed by atoms with Crippen LogP contribution in [0.25, 0.3) is 0 Å². The van der Waals surface area contributed by atoms with E-state index in [1.165, 1.54) is 0 Å². The van der Waals surface area contributed by atoms with Crippen molar-refractivity contribution in [3.63, 3.8) is 0 Å². The second-order valence-electron chi connectivity index (χ2n) is 7.86. The molecule has 3 aromatic carbocycles. The Kier molecular flexibility index (Phi) is 7.69. The highest BCUT2D eigenvalue weighted by Gasteiger charge is 2.35. The molecule has 1 fully saturated rings. The van der Waals surface area contributed by atoms with Gasteiger partial charge >= 0.3 is 0 Å². The second-order valence-corrected chi connectivity index (χ2v) is 8.78. The van der Waals surface area contributed by atoms with Crippen LogP contribution in [0.5, 0.6) is 11.5 Å². The van der Waals surface area contributed by atoms with Gasteiger partial charge in [-0.2, -0.15) is 0 Å². The molecule has 0 unspecified atom stereocenters. The van der Waals surface area contributed by atoms with E-state index in [1.807, 2.05) is 61.5 Å². The van der Waals surface area contributed by atoms with Crippen molar-refractivity contribution in [2.45, 2.75) is 20.0 Å². The summed E-state index contributed by atoms with van der Waals surface area (Å²) in [5.74, 6) is 0.448. The maximum atomic E-state index is 12.7. The maximum absolute atomic E-state index is 12.7.